The van der Waals surface area contributed by atoms with Gasteiger partial charge in [-0.2, -0.15) is 0 Å². The van der Waals surface area contributed by atoms with Crippen LogP contribution in [0.4, 0.5) is 0 Å². The van der Waals surface area contributed by atoms with Crippen molar-refractivity contribution >= 4 is 17.7 Å². The Bertz CT molecular complexity index is 775. The summed E-state index contributed by atoms with van der Waals surface area (Å²) in [5, 5.41) is 12.6. The van der Waals surface area contributed by atoms with E-state index in [2.05, 4.69) is 5.32 Å². The van der Waals surface area contributed by atoms with Gasteiger partial charge in [0.2, 0.25) is 17.7 Å². The molecule has 1 heterocycles. The highest BCUT2D eigenvalue weighted by atomic mass is 16.3. The number of hydrogen-bond donors (Lipinski definition) is 2. The zero-order valence-electron chi connectivity index (χ0n) is 16.6. The molecule has 1 aliphatic heterocycles. The molecule has 1 saturated heterocycles. The average molecular weight is 384 g/mol. The number of nitrogens with zero attached hydrogens (tertiary/aromatic N) is 1. The van der Waals surface area contributed by atoms with Crippen molar-refractivity contribution in [3.63, 3.8) is 0 Å². The van der Waals surface area contributed by atoms with E-state index in [0.29, 0.717) is 19.3 Å². The standard InChI is InChI=1S/C22H28N2O4/c1-13(2)11-19(20(26)23-14(3)15-7-6-8-16(25)12-15)24-21(27)17-9-4-5-10-18(17)22(24)28/h4-8,12-14,17-19,25H,9-11H2,1-3H3,(H,23,26). The van der Waals surface area contributed by atoms with Gasteiger partial charge in [0.15, 0.2) is 0 Å². The van der Waals surface area contributed by atoms with Crippen LogP contribution in [0.15, 0.2) is 36.4 Å². The Labute approximate surface area is 165 Å². The van der Waals surface area contributed by atoms with Gasteiger partial charge in [0.05, 0.1) is 17.9 Å². The maximum atomic E-state index is 13.1. The van der Waals surface area contributed by atoms with Crippen LogP contribution >= 0.6 is 0 Å². The molecule has 0 aromatic heterocycles. The van der Waals surface area contributed by atoms with E-state index in [0.717, 1.165) is 5.56 Å². The van der Waals surface area contributed by atoms with Crippen LogP contribution in [-0.2, 0) is 14.4 Å². The lowest BCUT2D eigenvalue weighted by Crippen LogP contribution is -2.51. The second-order valence-electron chi connectivity index (χ2n) is 8.17. The molecule has 1 fully saturated rings. The SMILES string of the molecule is CC(C)CC(C(=O)NC(C)c1cccc(O)c1)N1C(=O)C2CC=CCC2C1=O. The monoisotopic (exact) mass is 384 g/mol. The molecule has 0 spiro atoms. The van der Waals surface area contributed by atoms with E-state index in [1.54, 1.807) is 18.2 Å². The van der Waals surface area contributed by atoms with Crippen LogP contribution < -0.4 is 5.32 Å². The maximum absolute atomic E-state index is 13.1. The van der Waals surface area contributed by atoms with Gasteiger partial charge in [-0.15, -0.1) is 0 Å². The first-order valence-corrected chi connectivity index (χ1v) is 9.90. The molecular weight excluding hydrogens is 356 g/mol. The summed E-state index contributed by atoms with van der Waals surface area (Å²) in [6, 6.07) is 5.51. The Kier molecular flexibility index (Phi) is 5.87. The first-order chi connectivity index (χ1) is 13.3. The highest BCUT2D eigenvalue weighted by Crippen LogP contribution is 2.37. The number of phenols is 1. The molecule has 1 aromatic carbocycles. The van der Waals surface area contributed by atoms with E-state index < -0.39 is 6.04 Å². The van der Waals surface area contributed by atoms with Crippen molar-refractivity contribution in [2.45, 2.75) is 52.1 Å². The molecule has 4 atom stereocenters. The number of carbonyl (C=O) groups is 3. The van der Waals surface area contributed by atoms with E-state index in [9.17, 15) is 19.5 Å². The number of imide groups is 1. The van der Waals surface area contributed by atoms with Crippen molar-refractivity contribution in [1.82, 2.24) is 10.2 Å². The summed E-state index contributed by atoms with van der Waals surface area (Å²) in [6.45, 7) is 5.76. The van der Waals surface area contributed by atoms with E-state index in [-0.39, 0.29) is 47.3 Å². The van der Waals surface area contributed by atoms with E-state index >= 15 is 0 Å². The highest BCUT2D eigenvalue weighted by Gasteiger charge is 2.51. The van der Waals surface area contributed by atoms with Crippen LogP contribution in [0.1, 0.15) is 51.6 Å². The average Bonchev–Trinajstić information content (AvgIpc) is 2.90. The van der Waals surface area contributed by atoms with Crippen LogP contribution in [0.2, 0.25) is 0 Å². The summed E-state index contributed by atoms with van der Waals surface area (Å²) >= 11 is 0. The number of fused-ring (bicyclic) bond motifs is 1. The number of amides is 3. The third-order valence-corrected chi connectivity index (χ3v) is 5.58. The van der Waals surface area contributed by atoms with Gasteiger partial charge in [0.25, 0.3) is 0 Å². The zero-order valence-corrected chi connectivity index (χ0v) is 16.6. The predicted octanol–water partition coefficient (Wildman–Crippen LogP) is 2.94. The molecule has 2 aliphatic rings. The van der Waals surface area contributed by atoms with Crippen molar-refractivity contribution in [1.29, 1.82) is 0 Å². The molecule has 1 aromatic rings. The molecule has 0 saturated carbocycles. The van der Waals surface area contributed by atoms with Gasteiger partial charge < -0.3 is 10.4 Å². The number of likely N-dealkylation sites (tertiary alicyclic amines) is 1. The molecule has 6 nitrogen and oxygen atoms in total. The molecule has 1 aliphatic carbocycles. The zero-order chi connectivity index (χ0) is 20.4. The van der Waals surface area contributed by atoms with Gasteiger partial charge in [-0.3, -0.25) is 19.3 Å². The van der Waals surface area contributed by atoms with Crippen LogP contribution in [0.5, 0.6) is 5.75 Å². The van der Waals surface area contributed by atoms with Crippen molar-refractivity contribution < 1.29 is 19.5 Å². The molecule has 6 heteroatoms. The van der Waals surface area contributed by atoms with Gasteiger partial charge in [-0.05, 0) is 49.8 Å². The lowest BCUT2D eigenvalue weighted by Gasteiger charge is -2.28. The second kappa shape index (κ2) is 8.17. The Morgan fingerprint density at radius 1 is 1.14 bits per heavy atom. The molecule has 0 radical (unpaired) electrons. The van der Waals surface area contributed by atoms with Crippen LogP contribution in [0.25, 0.3) is 0 Å². The fourth-order valence-electron chi connectivity index (χ4n) is 4.10. The number of rotatable bonds is 6. The van der Waals surface area contributed by atoms with Crippen molar-refractivity contribution in [3.05, 3.63) is 42.0 Å². The predicted molar refractivity (Wildman–Crippen MR) is 105 cm³/mol. The largest absolute Gasteiger partial charge is 0.508 e. The second-order valence-corrected chi connectivity index (χ2v) is 8.17. The first-order valence-electron chi connectivity index (χ1n) is 9.90. The van der Waals surface area contributed by atoms with Crippen LogP contribution in [0.3, 0.4) is 0 Å². The number of aromatic hydroxyl groups is 1. The van der Waals surface area contributed by atoms with Gasteiger partial charge in [-0.1, -0.05) is 38.1 Å². The summed E-state index contributed by atoms with van der Waals surface area (Å²) in [5.74, 6) is -1.22. The van der Waals surface area contributed by atoms with Gasteiger partial charge in [-0.25, -0.2) is 0 Å². The number of benzene rings is 1. The van der Waals surface area contributed by atoms with Crippen LogP contribution in [0, 0.1) is 17.8 Å². The summed E-state index contributed by atoms with van der Waals surface area (Å²) in [6.07, 6.45) is 5.42. The number of allylic oxidation sites excluding steroid dienone is 2. The third-order valence-electron chi connectivity index (χ3n) is 5.58. The molecule has 3 amide bonds. The Morgan fingerprint density at radius 3 is 2.29 bits per heavy atom. The van der Waals surface area contributed by atoms with Crippen LogP contribution in [-0.4, -0.2) is 33.8 Å². The fraction of sp³-hybridized carbons (Fsp3) is 0.500. The minimum atomic E-state index is -0.814. The molecule has 4 unspecified atom stereocenters. The van der Waals surface area contributed by atoms with Gasteiger partial charge >= 0.3 is 0 Å². The minimum absolute atomic E-state index is 0.124. The number of phenolic OH excluding ortho intramolecular Hbond substituents is 1. The number of nitrogens with one attached hydrogen (secondary N) is 1. The lowest BCUT2D eigenvalue weighted by atomic mass is 9.85. The molecule has 28 heavy (non-hydrogen) atoms. The van der Waals surface area contributed by atoms with E-state index in [1.165, 1.54) is 4.90 Å². The normalized spacial score (nSPS) is 23.6. The summed E-state index contributed by atoms with van der Waals surface area (Å²) in [7, 11) is 0. The number of hydrogen-bond acceptors (Lipinski definition) is 4. The van der Waals surface area contributed by atoms with E-state index in [1.807, 2.05) is 39.0 Å². The van der Waals surface area contributed by atoms with Gasteiger partial charge in [0, 0.05) is 0 Å². The van der Waals surface area contributed by atoms with Crippen molar-refractivity contribution in [2.75, 3.05) is 0 Å². The smallest absolute Gasteiger partial charge is 0.243 e. The minimum Gasteiger partial charge on any atom is -0.508 e. The maximum Gasteiger partial charge on any atom is 0.243 e. The Balaban J connectivity index is 1.81. The van der Waals surface area contributed by atoms with E-state index in [4.69, 9.17) is 0 Å². The third kappa shape index (κ3) is 3.96. The van der Waals surface area contributed by atoms with Gasteiger partial charge in [0.1, 0.15) is 11.8 Å². The van der Waals surface area contributed by atoms with Crippen molar-refractivity contribution in [3.8, 4) is 5.75 Å². The van der Waals surface area contributed by atoms with Crippen molar-refractivity contribution in [2.24, 2.45) is 17.8 Å². The molecule has 0 bridgehead atoms. The lowest BCUT2D eigenvalue weighted by molar-refractivity contribution is -0.148. The molecule has 2 N–H and O–H groups in total. The first kappa shape index (κ1) is 20.1. The quantitative estimate of drug-likeness (QED) is 0.583. The summed E-state index contributed by atoms with van der Waals surface area (Å²) < 4.78 is 0. The Hall–Kier alpha value is -2.63. The number of carbonyl (C=O) groups excluding carboxylic acids is 3. The topological polar surface area (TPSA) is 86.7 Å². The fourth-order valence-corrected chi connectivity index (χ4v) is 4.10. The summed E-state index contributed by atoms with van der Waals surface area (Å²) in [4.78, 5) is 40.2. The molecule has 150 valence electrons. The summed E-state index contributed by atoms with van der Waals surface area (Å²) in [5.41, 5.74) is 0.758. The molecule has 3 rings (SSSR count). The molecular formula is C22H28N2O4. The Morgan fingerprint density at radius 2 is 1.75 bits per heavy atom. The highest BCUT2D eigenvalue weighted by molar-refractivity contribution is 6.08.